The predicted molar refractivity (Wildman–Crippen MR) is 97.1 cm³/mol. The normalized spacial score (nSPS) is 20.7. The van der Waals surface area contributed by atoms with Gasteiger partial charge in [0.05, 0.1) is 23.8 Å². The maximum atomic E-state index is 12.2. The van der Waals surface area contributed by atoms with Gasteiger partial charge < -0.3 is 10.6 Å². The van der Waals surface area contributed by atoms with E-state index < -0.39 is 0 Å². The summed E-state index contributed by atoms with van der Waals surface area (Å²) in [6.45, 7) is 2.53. The van der Waals surface area contributed by atoms with E-state index in [-0.39, 0.29) is 30.9 Å². The molecular formula is C18H26ClN3O2. The van der Waals surface area contributed by atoms with E-state index in [1.165, 1.54) is 19.3 Å². The molecule has 1 aromatic carbocycles. The van der Waals surface area contributed by atoms with Gasteiger partial charge in [0.25, 0.3) is 0 Å². The van der Waals surface area contributed by atoms with Gasteiger partial charge in [-0.1, -0.05) is 43.5 Å². The van der Waals surface area contributed by atoms with Gasteiger partial charge in [0.15, 0.2) is 0 Å². The van der Waals surface area contributed by atoms with Crippen molar-refractivity contribution in [2.75, 3.05) is 25.5 Å². The Kier molecular flexibility index (Phi) is 7.06. The Morgan fingerprint density at radius 3 is 2.54 bits per heavy atom. The lowest BCUT2D eigenvalue weighted by Gasteiger charge is -2.30. The number of rotatable bonds is 6. The van der Waals surface area contributed by atoms with Crippen molar-refractivity contribution in [1.82, 2.24) is 10.2 Å². The van der Waals surface area contributed by atoms with Gasteiger partial charge >= 0.3 is 0 Å². The van der Waals surface area contributed by atoms with Crippen LogP contribution in [0.3, 0.4) is 0 Å². The topological polar surface area (TPSA) is 61.4 Å². The van der Waals surface area contributed by atoms with E-state index in [1.807, 2.05) is 6.07 Å². The smallest absolute Gasteiger partial charge is 0.238 e. The van der Waals surface area contributed by atoms with Gasteiger partial charge in [-0.25, -0.2) is 0 Å². The Hall–Kier alpha value is -1.59. The second-order valence-corrected chi connectivity index (χ2v) is 7.04. The zero-order chi connectivity index (χ0) is 17.5. The molecule has 1 saturated carbocycles. The average Bonchev–Trinajstić information content (AvgIpc) is 2.51. The third-order valence-corrected chi connectivity index (χ3v) is 4.76. The van der Waals surface area contributed by atoms with E-state index in [2.05, 4.69) is 17.6 Å². The molecule has 0 bridgehead atoms. The SMILES string of the molecule is C[C@H]1CCCC[C@H]1NC(=O)CN(C)CC(=O)Nc1ccccc1Cl. The number of hydrogen-bond donors (Lipinski definition) is 2. The monoisotopic (exact) mass is 351 g/mol. The van der Waals surface area contributed by atoms with E-state index in [1.54, 1.807) is 30.1 Å². The summed E-state index contributed by atoms with van der Waals surface area (Å²) in [5.41, 5.74) is 0.582. The maximum Gasteiger partial charge on any atom is 0.238 e. The molecule has 1 aliphatic rings. The molecule has 2 rings (SSSR count). The molecule has 132 valence electrons. The van der Waals surface area contributed by atoms with Gasteiger partial charge in [0.1, 0.15) is 0 Å². The number of halogens is 1. The summed E-state index contributed by atoms with van der Waals surface area (Å²) in [5, 5.41) is 6.35. The second kappa shape index (κ2) is 9.04. The predicted octanol–water partition coefficient (Wildman–Crippen LogP) is 2.91. The third kappa shape index (κ3) is 5.80. The molecule has 2 N–H and O–H groups in total. The van der Waals surface area contributed by atoms with Crippen LogP contribution in [0.5, 0.6) is 0 Å². The minimum absolute atomic E-state index is 0.0261. The summed E-state index contributed by atoms with van der Waals surface area (Å²) in [6.07, 6.45) is 4.63. The van der Waals surface area contributed by atoms with Gasteiger partial charge in [-0.05, 0) is 37.9 Å². The summed E-state index contributed by atoms with van der Waals surface area (Å²) >= 11 is 6.02. The van der Waals surface area contributed by atoms with Crippen LogP contribution in [0, 0.1) is 5.92 Å². The molecule has 6 heteroatoms. The van der Waals surface area contributed by atoms with E-state index in [0.717, 1.165) is 6.42 Å². The molecule has 0 aromatic heterocycles. The van der Waals surface area contributed by atoms with Gasteiger partial charge in [0.2, 0.25) is 11.8 Å². The van der Waals surface area contributed by atoms with Crippen molar-refractivity contribution in [2.45, 2.75) is 38.6 Å². The van der Waals surface area contributed by atoms with Crippen LogP contribution in [-0.2, 0) is 9.59 Å². The highest BCUT2D eigenvalue weighted by Gasteiger charge is 2.23. The first kappa shape index (κ1) is 18.7. The minimum atomic E-state index is -0.190. The zero-order valence-electron chi connectivity index (χ0n) is 14.3. The number of para-hydroxylation sites is 1. The van der Waals surface area contributed by atoms with Gasteiger partial charge in [-0.3, -0.25) is 14.5 Å². The first-order valence-corrected chi connectivity index (χ1v) is 8.86. The number of anilines is 1. The number of hydrogen-bond acceptors (Lipinski definition) is 3. The lowest BCUT2D eigenvalue weighted by atomic mass is 9.86. The summed E-state index contributed by atoms with van der Waals surface area (Å²) in [6, 6.07) is 7.35. The molecule has 5 nitrogen and oxygen atoms in total. The Labute approximate surface area is 148 Å². The largest absolute Gasteiger partial charge is 0.352 e. The van der Waals surface area contributed by atoms with Crippen LogP contribution >= 0.6 is 11.6 Å². The molecule has 0 unspecified atom stereocenters. The van der Waals surface area contributed by atoms with Gasteiger partial charge in [0, 0.05) is 6.04 Å². The molecule has 0 aliphatic heterocycles. The summed E-state index contributed by atoms with van der Waals surface area (Å²) in [5.74, 6) is 0.308. The van der Waals surface area contributed by atoms with Crippen LogP contribution < -0.4 is 10.6 Å². The second-order valence-electron chi connectivity index (χ2n) is 6.64. The van der Waals surface area contributed by atoms with Gasteiger partial charge in [-0.15, -0.1) is 0 Å². The van der Waals surface area contributed by atoms with E-state index >= 15 is 0 Å². The van der Waals surface area contributed by atoms with Crippen molar-refractivity contribution in [3.63, 3.8) is 0 Å². The first-order chi connectivity index (χ1) is 11.5. The highest BCUT2D eigenvalue weighted by Crippen LogP contribution is 2.23. The van der Waals surface area contributed by atoms with Crippen LogP contribution in [0.2, 0.25) is 5.02 Å². The maximum absolute atomic E-state index is 12.2. The molecule has 24 heavy (non-hydrogen) atoms. The summed E-state index contributed by atoms with van der Waals surface area (Å²) in [4.78, 5) is 25.9. The quantitative estimate of drug-likeness (QED) is 0.828. The number of benzene rings is 1. The van der Waals surface area contributed by atoms with E-state index in [4.69, 9.17) is 11.6 Å². The molecule has 0 saturated heterocycles. The van der Waals surface area contributed by atoms with Crippen molar-refractivity contribution < 1.29 is 9.59 Å². The highest BCUT2D eigenvalue weighted by atomic mass is 35.5. The Morgan fingerprint density at radius 1 is 1.17 bits per heavy atom. The fourth-order valence-electron chi connectivity index (χ4n) is 3.08. The number of carbonyl (C=O) groups is 2. The van der Waals surface area contributed by atoms with Crippen LogP contribution in [0.25, 0.3) is 0 Å². The number of amides is 2. The minimum Gasteiger partial charge on any atom is -0.352 e. The molecule has 0 radical (unpaired) electrons. The van der Waals surface area contributed by atoms with Crippen LogP contribution in [0.4, 0.5) is 5.69 Å². The molecular weight excluding hydrogens is 326 g/mol. The number of nitrogens with one attached hydrogen (secondary N) is 2. The van der Waals surface area contributed by atoms with E-state index in [0.29, 0.717) is 16.6 Å². The highest BCUT2D eigenvalue weighted by molar-refractivity contribution is 6.33. The van der Waals surface area contributed by atoms with Crippen molar-refractivity contribution in [3.8, 4) is 0 Å². The van der Waals surface area contributed by atoms with Crippen LogP contribution in [0.1, 0.15) is 32.6 Å². The zero-order valence-corrected chi connectivity index (χ0v) is 15.1. The molecule has 2 atom stereocenters. The first-order valence-electron chi connectivity index (χ1n) is 8.48. The van der Waals surface area contributed by atoms with Gasteiger partial charge in [-0.2, -0.15) is 0 Å². The summed E-state index contributed by atoms with van der Waals surface area (Å²) in [7, 11) is 1.76. The van der Waals surface area contributed by atoms with Crippen LogP contribution in [0.15, 0.2) is 24.3 Å². The molecule has 1 fully saturated rings. The molecule has 0 spiro atoms. The van der Waals surface area contributed by atoms with Crippen molar-refractivity contribution in [3.05, 3.63) is 29.3 Å². The summed E-state index contributed by atoms with van der Waals surface area (Å²) < 4.78 is 0. The van der Waals surface area contributed by atoms with Crippen molar-refractivity contribution in [2.24, 2.45) is 5.92 Å². The third-order valence-electron chi connectivity index (χ3n) is 4.43. The average molecular weight is 352 g/mol. The fourth-order valence-corrected chi connectivity index (χ4v) is 3.26. The molecule has 1 aliphatic carbocycles. The lowest BCUT2D eigenvalue weighted by molar-refractivity contribution is -0.124. The molecule has 0 heterocycles. The van der Waals surface area contributed by atoms with Crippen molar-refractivity contribution >= 4 is 29.1 Å². The molecule has 1 aromatic rings. The molecule has 2 amide bonds. The Morgan fingerprint density at radius 2 is 1.83 bits per heavy atom. The van der Waals surface area contributed by atoms with E-state index in [9.17, 15) is 9.59 Å². The van der Waals surface area contributed by atoms with Crippen molar-refractivity contribution in [1.29, 1.82) is 0 Å². The number of nitrogens with zero attached hydrogens (tertiary/aromatic N) is 1. The Bertz CT molecular complexity index is 579. The fraction of sp³-hybridized carbons (Fsp3) is 0.556. The number of likely N-dealkylation sites (N-methyl/N-ethyl adjacent to an activating group) is 1. The van der Waals surface area contributed by atoms with Crippen LogP contribution in [-0.4, -0.2) is 42.9 Å². The lowest BCUT2D eigenvalue weighted by Crippen LogP contribution is -2.46. The number of carbonyl (C=O) groups excluding carboxylic acids is 2. The Balaban J connectivity index is 1.75. The standard InChI is InChI=1S/C18H26ClN3O2/c1-13-7-3-5-9-15(13)20-17(23)11-22(2)12-18(24)21-16-10-6-4-8-14(16)19/h4,6,8,10,13,15H,3,5,7,9,11-12H2,1-2H3,(H,20,23)(H,21,24)/t13-,15+/m0/s1.